The monoisotopic (exact) mass is 314 g/mol. The largest absolute Gasteiger partial charge is 0.365 e. The summed E-state index contributed by atoms with van der Waals surface area (Å²) < 4.78 is 14.0. The first kappa shape index (κ1) is 13.8. The molecular formula is C14H20BrFN2. The van der Waals surface area contributed by atoms with Gasteiger partial charge in [-0.3, -0.25) is 0 Å². The first-order valence-electron chi connectivity index (χ1n) is 6.39. The van der Waals surface area contributed by atoms with Crippen LogP contribution in [0.3, 0.4) is 0 Å². The van der Waals surface area contributed by atoms with Gasteiger partial charge in [0.15, 0.2) is 0 Å². The zero-order chi connectivity index (χ0) is 13.3. The molecule has 2 rings (SSSR count). The Kier molecular flexibility index (Phi) is 3.97. The molecule has 1 aromatic carbocycles. The topological polar surface area (TPSA) is 15.3 Å². The van der Waals surface area contributed by atoms with Gasteiger partial charge in [0.2, 0.25) is 0 Å². The van der Waals surface area contributed by atoms with Crippen molar-refractivity contribution in [2.45, 2.75) is 38.8 Å². The molecule has 1 aliphatic heterocycles. The van der Waals surface area contributed by atoms with Crippen molar-refractivity contribution < 1.29 is 4.39 Å². The number of nitrogens with zero attached hydrogens (tertiary/aromatic N) is 1. The molecule has 0 saturated carbocycles. The van der Waals surface area contributed by atoms with E-state index < -0.39 is 0 Å². The Balaban J connectivity index is 2.32. The summed E-state index contributed by atoms with van der Waals surface area (Å²) in [5, 5.41) is 3.56. The first-order chi connectivity index (χ1) is 8.43. The molecule has 1 heterocycles. The molecule has 0 aromatic heterocycles. The molecule has 1 aliphatic rings. The predicted molar refractivity (Wildman–Crippen MR) is 77.6 cm³/mol. The zero-order valence-corrected chi connectivity index (χ0v) is 12.7. The third-order valence-corrected chi connectivity index (χ3v) is 4.15. The molecule has 1 aromatic rings. The number of halogens is 2. The van der Waals surface area contributed by atoms with Crippen molar-refractivity contribution in [2.24, 2.45) is 0 Å². The number of hydrogen-bond acceptors (Lipinski definition) is 2. The van der Waals surface area contributed by atoms with E-state index in [4.69, 9.17) is 0 Å². The number of benzene rings is 1. The Morgan fingerprint density at radius 3 is 2.83 bits per heavy atom. The quantitative estimate of drug-likeness (QED) is 0.898. The van der Waals surface area contributed by atoms with E-state index >= 15 is 0 Å². The lowest BCUT2D eigenvalue weighted by molar-refractivity contribution is 0.306. The van der Waals surface area contributed by atoms with Crippen molar-refractivity contribution in [3.05, 3.63) is 28.5 Å². The second-order valence-electron chi connectivity index (χ2n) is 5.55. The number of rotatable bonds is 2. The highest BCUT2D eigenvalue weighted by atomic mass is 79.9. The van der Waals surface area contributed by atoms with Gasteiger partial charge in [0.05, 0.1) is 5.69 Å². The van der Waals surface area contributed by atoms with Crippen LogP contribution < -0.4 is 10.2 Å². The Hall–Kier alpha value is -0.610. The summed E-state index contributed by atoms with van der Waals surface area (Å²) in [6, 6.07) is 5.39. The maximum absolute atomic E-state index is 13.2. The summed E-state index contributed by atoms with van der Waals surface area (Å²) in [7, 11) is 0. The van der Waals surface area contributed by atoms with Gasteiger partial charge in [-0.2, -0.15) is 0 Å². The molecule has 1 fully saturated rings. The van der Waals surface area contributed by atoms with Crippen LogP contribution in [0.1, 0.15) is 27.2 Å². The summed E-state index contributed by atoms with van der Waals surface area (Å²) in [6.07, 6.45) is 1.08. The van der Waals surface area contributed by atoms with Crippen molar-refractivity contribution >= 4 is 21.6 Å². The van der Waals surface area contributed by atoms with Crippen LogP contribution in [0.2, 0.25) is 0 Å². The fourth-order valence-electron chi connectivity index (χ4n) is 2.48. The lowest BCUT2D eigenvalue weighted by Crippen LogP contribution is -2.61. The first-order valence-corrected chi connectivity index (χ1v) is 7.19. The lowest BCUT2D eigenvalue weighted by atomic mass is 9.97. The zero-order valence-electron chi connectivity index (χ0n) is 11.1. The number of hydrogen-bond donors (Lipinski definition) is 1. The Morgan fingerprint density at radius 2 is 2.22 bits per heavy atom. The van der Waals surface area contributed by atoms with E-state index in [2.05, 4.69) is 46.9 Å². The van der Waals surface area contributed by atoms with Gasteiger partial charge < -0.3 is 10.2 Å². The Labute approximate surface area is 117 Å². The molecule has 100 valence electrons. The van der Waals surface area contributed by atoms with E-state index in [1.165, 1.54) is 12.1 Å². The van der Waals surface area contributed by atoms with Crippen LogP contribution in [0.25, 0.3) is 0 Å². The van der Waals surface area contributed by atoms with E-state index in [0.29, 0.717) is 6.04 Å². The molecule has 0 radical (unpaired) electrons. The van der Waals surface area contributed by atoms with Crippen LogP contribution in [0.4, 0.5) is 10.1 Å². The van der Waals surface area contributed by atoms with E-state index in [1.807, 2.05) is 6.07 Å². The van der Waals surface area contributed by atoms with Crippen LogP contribution in [-0.2, 0) is 0 Å². The van der Waals surface area contributed by atoms with Crippen LogP contribution in [0, 0.1) is 5.82 Å². The Morgan fingerprint density at radius 1 is 1.50 bits per heavy atom. The average molecular weight is 315 g/mol. The summed E-state index contributed by atoms with van der Waals surface area (Å²) in [5.41, 5.74) is 1.16. The van der Waals surface area contributed by atoms with Crippen molar-refractivity contribution in [1.82, 2.24) is 5.32 Å². The van der Waals surface area contributed by atoms with Gasteiger partial charge in [0.25, 0.3) is 0 Å². The number of piperazine rings is 1. The van der Waals surface area contributed by atoms with Gasteiger partial charge in [-0.25, -0.2) is 4.39 Å². The average Bonchev–Trinajstić information content (AvgIpc) is 2.28. The van der Waals surface area contributed by atoms with Crippen LogP contribution >= 0.6 is 15.9 Å². The Bertz CT molecular complexity index is 434. The molecule has 1 saturated heterocycles. The highest BCUT2D eigenvalue weighted by Crippen LogP contribution is 2.31. The highest BCUT2D eigenvalue weighted by molar-refractivity contribution is 9.10. The smallest absolute Gasteiger partial charge is 0.124 e. The van der Waals surface area contributed by atoms with Crippen LogP contribution in [0.5, 0.6) is 0 Å². The van der Waals surface area contributed by atoms with E-state index in [1.54, 1.807) is 0 Å². The van der Waals surface area contributed by atoms with Gasteiger partial charge in [-0.1, -0.05) is 6.92 Å². The number of nitrogens with one attached hydrogen (secondary N) is 1. The summed E-state index contributed by atoms with van der Waals surface area (Å²) in [6.45, 7) is 8.48. The molecule has 0 amide bonds. The lowest BCUT2D eigenvalue weighted by Gasteiger charge is -2.46. The minimum Gasteiger partial charge on any atom is -0.365 e. The maximum Gasteiger partial charge on any atom is 0.124 e. The molecular weight excluding hydrogens is 295 g/mol. The third kappa shape index (κ3) is 2.86. The van der Waals surface area contributed by atoms with Gasteiger partial charge in [0, 0.05) is 29.1 Å². The molecule has 2 nitrogen and oxygen atoms in total. The number of anilines is 1. The molecule has 0 aliphatic carbocycles. The third-order valence-electron chi connectivity index (χ3n) is 3.51. The van der Waals surface area contributed by atoms with Crippen LogP contribution in [-0.4, -0.2) is 24.7 Å². The maximum atomic E-state index is 13.2. The van der Waals surface area contributed by atoms with Crippen molar-refractivity contribution in [2.75, 3.05) is 18.0 Å². The van der Waals surface area contributed by atoms with Crippen molar-refractivity contribution in [3.8, 4) is 0 Å². The summed E-state index contributed by atoms with van der Waals surface area (Å²) in [5.74, 6) is -0.201. The molecule has 0 bridgehead atoms. The van der Waals surface area contributed by atoms with Gasteiger partial charge in [0.1, 0.15) is 5.82 Å². The van der Waals surface area contributed by atoms with Crippen LogP contribution in [0.15, 0.2) is 22.7 Å². The summed E-state index contributed by atoms with van der Waals surface area (Å²) in [4.78, 5) is 2.38. The normalized spacial score (nSPS) is 23.2. The van der Waals surface area contributed by atoms with Gasteiger partial charge in [-0.15, -0.1) is 0 Å². The van der Waals surface area contributed by atoms with E-state index in [9.17, 15) is 4.39 Å². The summed E-state index contributed by atoms with van der Waals surface area (Å²) >= 11 is 3.47. The molecule has 1 N–H and O–H groups in total. The molecule has 18 heavy (non-hydrogen) atoms. The predicted octanol–water partition coefficient (Wildman–Crippen LogP) is 3.56. The molecule has 1 unspecified atom stereocenters. The van der Waals surface area contributed by atoms with E-state index in [-0.39, 0.29) is 11.4 Å². The second-order valence-corrected chi connectivity index (χ2v) is 6.40. The van der Waals surface area contributed by atoms with E-state index in [0.717, 1.165) is 29.7 Å². The fourth-order valence-corrected chi connectivity index (χ4v) is 3.05. The minimum absolute atomic E-state index is 0.0828. The SMILES string of the molecule is CCC1CNC(C)(C)CN1c1ccc(F)cc1Br. The van der Waals surface area contributed by atoms with Gasteiger partial charge in [-0.05, 0) is 54.4 Å². The molecule has 0 spiro atoms. The van der Waals surface area contributed by atoms with Crippen molar-refractivity contribution in [3.63, 3.8) is 0 Å². The molecule has 1 atom stereocenters. The minimum atomic E-state index is -0.201. The standard InChI is InChI=1S/C14H20BrFN2/c1-4-11-8-17-14(2,3)9-18(11)13-6-5-10(16)7-12(13)15/h5-7,11,17H,4,8-9H2,1-3H3. The molecule has 4 heteroatoms. The van der Waals surface area contributed by atoms with Gasteiger partial charge >= 0.3 is 0 Å². The fraction of sp³-hybridized carbons (Fsp3) is 0.571. The second kappa shape index (κ2) is 5.17. The highest BCUT2D eigenvalue weighted by Gasteiger charge is 2.32. The van der Waals surface area contributed by atoms with Crippen molar-refractivity contribution in [1.29, 1.82) is 0 Å².